The van der Waals surface area contributed by atoms with Crippen LogP contribution in [-0.4, -0.2) is 17.4 Å². The van der Waals surface area contributed by atoms with Crippen LogP contribution in [0.15, 0.2) is 0 Å². The van der Waals surface area contributed by atoms with Gasteiger partial charge in [0, 0.05) is 0 Å². The molecular weight excluding hydrogens is 179 g/mol. The first-order chi connectivity index (χ1) is 6.72. The quantitative estimate of drug-likeness (QED) is 0.566. The van der Waals surface area contributed by atoms with Gasteiger partial charge in [0.2, 0.25) is 0 Å². The van der Waals surface area contributed by atoms with Crippen molar-refractivity contribution in [2.45, 2.75) is 77.5 Å². The minimum absolute atomic E-state index is 0.529. The van der Waals surface area contributed by atoms with Crippen molar-refractivity contribution in [3.8, 4) is 0 Å². The molecular formula is C12H25FO. The second-order valence-corrected chi connectivity index (χ2v) is 4.07. The first-order valence-corrected chi connectivity index (χ1v) is 6.04. The number of unbranched alkanes of at least 4 members (excludes halogenated alkanes) is 4. The van der Waals surface area contributed by atoms with Gasteiger partial charge in [-0.2, -0.15) is 0 Å². The highest BCUT2D eigenvalue weighted by atomic mass is 19.1. The van der Waals surface area contributed by atoms with Gasteiger partial charge in [-0.3, -0.25) is 0 Å². The molecule has 0 aliphatic heterocycles. The number of aliphatic hydroxyl groups excluding tert-OH is 1. The van der Waals surface area contributed by atoms with Crippen molar-refractivity contribution in [2.75, 3.05) is 0 Å². The van der Waals surface area contributed by atoms with E-state index in [1.165, 1.54) is 0 Å². The maximum Gasteiger partial charge on any atom is 0.126 e. The normalized spacial score (nSPS) is 15.4. The van der Waals surface area contributed by atoms with Crippen molar-refractivity contribution >= 4 is 0 Å². The molecule has 0 rings (SSSR count). The summed E-state index contributed by atoms with van der Waals surface area (Å²) >= 11 is 0. The van der Waals surface area contributed by atoms with Crippen LogP contribution in [0.25, 0.3) is 0 Å². The predicted octanol–water partition coefficient (Wildman–Crippen LogP) is 3.85. The van der Waals surface area contributed by atoms with Gasteiger partial charge in [0.05, 0.1) is 6.10 Å². The highest BCUT2D eigenvalue weighted by molar-refractivity contribution is 4.67. The smallest absolute Gasteiger partial charge is 0.126 e. The zero-order valence-corrected chi connectivity index (χ0v) is 9.64. The summed E-state index contributed by atoms with van der Waals surface area (Å²) in [7, 11) is 0. The maximum atomic E-state index is 13.3. The second kappa shape index (κ2) is 9.45. The fourth-order valence-corrected chi connectivity index (χ4v) is 1.57. The molecule has 1 nitrogen and oxygen atoms in total. The number of hydrogen-bond donors (Lipinski definition) is 1. The average Bonchev–Trinajstić information content (AvgIpc) is 2.18. The Hall–Kier alpha value is -0.110. The molecule has 0 aliphatic rings. The molecule has 0 saturated heterocycles. The van der Waals surface area contributed by atoms with Gasteiger partial charge >= 0.3 is 0 Å². The second-order valence-electron chi connectivity index (χ2n) is 4.07. The first kappa shape index (κ1) is 13.9. The molecule has 0 amide bonds. The monoisotopic (exact) mass is 204 g/mol. The Morgan fingerprint density at radius 2 is 1.43 bits per heavy atom. The van der Waals surface area contributed by atoms with E-state index in [1.807, 2.05) is 0 Å². The molecule has 0 bridgehead atoms. The van der Waals surface area contributed by atoms with E-state index in [4.69, 9.17) is 0 Å². The van der Waals surface area contributed by atoms with Gasteiger partial charge in [0.25, 0.3) is 0 Å². The van der Waals surface area contributed by atoms with Gasteiger partial charge in [-0.1, -0.05) is 52.4 Å². The Labute approximate surface area is 87.7 Å². The SMILES string of the molecule is CCCCCC(O)C(F)CCCCC. The fraction of sp³-hybridized carbons (Fsp3) is 1.00. The third-order valence-corrected chi connectivity index (χ3v) is 2.60. The summed E-state index contributed by atoms with van der Waals surface area (Å²) < 4.78 is 13.3. The van der Waals surface area contributed by atoms with Crippen molar-refractivity contribution in [3.05, 3.63) is 0 Å². The largest absolute Gasteiger partial charge is 0.390 e. The lowest BCUT2D eigenvalue weighted by molar-refractivity contribution is 0.0623. The Bertz CT molecular complexity index is 103. The van der Waals surface area contributed by atoms with Gasteiger partial charge in [-0.05, 0) is 12.8 Å². The van der Waals surface area contributed by atoms with E-state index in [0.717, 1.165) is 38.5 Å². The van der Waals surface area contributed by atoms with Crippen molar-refractivity contribution in [1.82, 2.24) is 0 Å². The highest BCUT2D eigenvalue weighted by Gasteiger charge is 2.16. The third kappa shape index (κ3) is 7.31. The molecule has 0 heterocycles. The van der Waals surface area contributed by atoms with Gasteiger partial charge < -0.3 is 5.11 Å². The van der Waals surface area contributed by atoms with Gasteiger partial charge in [0.15, 0.2) is 0 Å². The fourth-order valence-electron chi connectivity index (χ4n) is 1.57. The third-order valence-electron chi connectivity index (χ3n) is 2.60. The Morgan fingerprint density at radius 1 is 0.929 bits per heavy atom. The number of aliphatic hydroxyl groups is 1. The lowest BCUT2D eigenvalue weighted by Crippen LogP contribution is -2.21. The minimum Gasteiger partial charge on any atom is -0.390 e. The molecule has 0 radical (unpaired) electrons. The van der Waals surface area contributed by atoms with E-state index in [0.29, 0.717) is 12.8 Å². The summed E-state index contributed by atoms with van der Waals surface area (Å²) in [6, 6.07) is 0. The summed E-state index contributed by atoms with van der Waals surface area (Å²) in [6.45, 7) is 4.21. The molecule has 0 aromatic heterocycles. The highest BCUT2D eigenvalue weighted by Crippen LogP contribution is 2.15. The Balaban J connectivity index is 3.39. The Morgan fingerprint density at radius 3 is 1.93 bits per heavy atom. The molecule has 2 atom stereocenters. The van der Waals surface area contributed by atoms with Crippen LogP contribution in [0.4, 0.5) is 4.39 Å². The van der Waals surface area contributed by atoms with Crippen molar-refractivity contribution in [2.24, 2.45) is 0 Å². The number of halogens is 1. The van der Waals surface area contributed by atoms with E-state index < -0.39 is 12.3 Å². The molecule has 86 valence electrons. The molecule has 0 aromatic carbocycles. The standard InChI is InChI=1S/C12H25FO/c1-3-5-7-9-11(13)12(14)10-8-6-4-2/h11-12,14H,3-10H2,1-2H3. The van der Waals surface area contributed by atoms with Crippen molar-refractivity contribution in [3.63, 3.8) is 0 Å². The topological polar surface area (TPSA) is 20.2 Å². The summed E-state index contributed by atoms with van der Waals surface area (Å²) in [5.41, 5.74) is 0. The number of hydrogen-bond acceptors (Lipinski definition) is 1. The lowest BCUT2D eigenvalue weighted by Gasteiger charge is -2.15. The predicted molar refractivity (Wildman–Crippen MR) is 59.2 cm³/mol. The van der Waals surface area contributed by atoms with E-state index in [1.54, 1.807) is 0 Å². The summed E-state index contributed by atoms with van der Waals surface area (Å²) in [5, 5.41) is 9.47. The zero-order valence-electron chi connectivity index (χ0n) is 9.64. The van der Waals surface area contributed by atoms with Crippen LogP contribution >= 0.6 is 0 Å². The number of alkyl halides is 1. The van der Waals surface area contributed by atoms with Crippen LogP contribution in [-0.2, 0) is 0 Å². The van der Waals surface area contributed by atoms with Crippen LogP contribution in [0.5, 0.6) is 0 Å². The van der Waals surface area contributed by atoms with E-state index in [2.05, 4.69) is 13.8 Å². The molecule has 0 fully saturated rings. The van der Waals surface area contributed by atoms with Crippen LogP contribution < -0.4 is 0 Å². The van der Waals surface area contributed by atoms with Gasteiger partial charge in [0.1, 0.15) is 6.17 Å². The lowest BCUT2D eigenvalue weighted by atomic mass is 10.0. The van der Waals surface area contributed by atoms with Crippen molar-refractivity contribution < 1.29 is 9.50 Å². The summed E-state index contributed by atoms with van der Waals surface area (Å²) in [6.07, 6.45) is 5.69. The van der Waals surface area contributed by atoms with Crippen LogP contribution in [0.3, 0.4) is 0 Å². The Kier molecular flexibility index (Phi) is 9.37. The van der Waals surface area contributed by atoms with Crippen molar-refractivity contribution in [1.29, 1.82) is 0 Å². The maximum absolute atomic E-state index is 13.3. The molecule has 1 N–H and O–H groups in total. The minimum atomic E-state index is -1.00. The molecule has 14 heavy (non-hydrogen) atoms. The van der Waals surface area contributed by atoms with E-state index in [9.17, 15) is 9.50 Å². The first-order valence-electron chi connectivity index (χ1n) is 6.04. The summed E-state index contributed by atoms with van der Waals surface area (Å²) in [5.74, 6) is 0. The average molecular weight is 204 g/mol. The van der Waals surface area contributed by atoms with Gasteiger partial charge in [-0.15, -0.1) is 0 Å². The molecule has 2 heteroatoms. The molecule has 2 unspecified atom stereocenters. The van der Waals surface area contributed by atoms with Crippen LogP contribution in [0.1, 0.15) is 65.2 Å². The van der Waals surface area contributed by atoms with E-state index in [-0.39, 0.29) is 0 Å². The molecule has 0 aromatic rings. The van der Waals surface area contributed by atoms with E-state index >= 15 is 0 Å². The molecule has 0 spiro atoms. The number of rotatable bonds is 9. The zero-order chi connectivity index (χ0) is 10.8. The summed E-state index contributed by atoms with van der Waals surface area (Å²) in [4.78, 5) is 0. The molecule has 0 aliphatic carbocycles. The van der Waals surface area contributed by atoms with Gasteiger partial charge in [-0.25, -0.2) is 4.39 Å². The van der Waals surface area contributed by atoms with Crippen LogP contribution in [0, 0.1) is 0 Å². The molecule has 0 saturated carbocycles. The van der Waals surface area contributed by atoms with Crippen LogP contribution in [0.2, 0.25) is 0 Å².